The molecule has 1 unspecified atom stereocenters. The highest BCUT2D eigenvalue weighted by Gasteiger charge is 2.12. The Morgan fingerprint density at radius 2 is 2.43 bits per heavy atom. The van der Waals surface area contributed by atoms with Crippen molar-refractivity contribution in [3.63, 3.8) is 0 Å². The summed E-state index contributed by atoms with van der Waals surface area (Å²) in [5.41, 5.74) is 0. The molecule has 1 aliphatic rings. The lowest BCUT2D eigenvalue weighted by Crippen LogP contribution is -1.94. The van der Waals surface area contributed by atoms with E-state index in [-0.39, 0.29) is 5.22 Å². The first-order valence-corrected chi connectivity index (χ1v) is 2.42. The summed E-state index contributed by atoms with van der Waals surface area (Å²) >= 11 is 10.5. The van der Waals surface area contributed by atoms with Crippen LogP contribution in [0.25, 0.3) is 0 Å². The molecule has 1 rings (SSSR count). The molecule has 0 aromatic rings. The van der Waals surface area contributed by atoms with Crippen LogP contribution in [0, 0.1) is 0 Å². The largest absolute Gasteiger partial charge is 0.445 e. The molecular formula is C3H2Cl2O2. The van der Waals surface area contributed by atoms with Crippen LogP contribution in [0.5, 0.6) is 0 Å². The van der Waals surface area contributed by atoms with Crippen LogP contribution < -0.4 is 0 Å². The average molecular weight is 141 g/mol. The molecule has 0 aromatic carbocycles. The minimum atomic E-state index is -0.729. The van der Waals surface area contributed by atoms with Gasteiger partial charge in [-0.1, -0.05) is 0 Å². The predicted octanol–water partition coefficient (Wildman–Crippen LogP) is 1.59. The lowest BCUT2D eigenvalue weighted by atomic mass is 11.1. The molecule has 7 heavy (non-hydrogen) atoms. The van der Waals surface area contributed by atoms with Gasteiger partial charge in [-0.05, 0) is 23.2 Å². The molecule has 1 aliphatic heterocycles. The maximum absolute atomic E-state index is 5.24. The van der Waals surface area contributed by atoms with Crippen LogP contribution >= 0.6 is 23.2 Å². The standard InChI is InChI=1S/C3H2Cl2O2/c4-2-1-6-3(5)7-2/h1,3H. The number of halogens is 2. The minimum absolute atomic E-state index is 0.194. The van der Waals surface area contributed by atoms with Gasteiger partial charge in [0.15, 0.2) is 0 Å². The zero-order valence-electron chi connectivity index (χ0n) is 3.23. The second kappa shape index (κ2) is 1.80. The number of alkyl halides is 1. The van der Waals surface area contributed by atoms with Gasteiger partial charge in [-0.3, -0.25) is 0 Å². The molecule has 0 fully saturated rings. The third-order valence-corrected chi connectivity index (χ3v) is 0.843. The molecular weight excluding hydrogens is 139 g/mol. The van der Waals surface area contributed by atoms with Crippen molar-refractivity contribution in [2.24, 2.45) is 0 Å². The Morgan fingerprint density at radius 3 is 2.57 bits per heavy atom. The van der Waals surface area contributed by atoms with E-state index >= 15 is 0 Å². The van der Waals surface area contributed by atoms with Crippen LogP contribution in [-0.4, -0.2) is 5.75 Å². The maximum atomic E-state index is 5.24. The molecule has 0 N–H and O–H groups in total. The van der Waals surface area contributed by atoms with Crippen molar-refractivity contribution in [2.75, 3.05) is 0 Å². The van der Waals surface area contributed by atoms with Crippen LogP contribution in [0.4, 0.5) is 0 Å². The minimum Gasteiger partial charge on any atom is -0.445 e. The normalized spacial score (nSPS) is 28.3. The summed E-state index contributed by atoms with van der Waals surface area (Å²) in [7, 11) is 0. The fourth-order valence-electron chi connectivity index (χ4n) is 0.251. The Bertz CT molecular complexity index is 101. The Morgan fingerprint density at radius 1 is 1.71 bits per heavy atom. The van der Waals surface area contributed by atoms with Gasteiger partial charge in [0.05, 0.1) is 0 Å². The SMILES string of the molecule is ClC1=COC(Cl)O1. The molecule has 0 aromatic heterocycles. The van der Waals surface area contributed by atoms with Crippen molar-refractivity contribution < 1.29 is 9.47 Å². The van der Waals surface area contributed by atoms with Crippen LogP contribution in [0.3, 0.4) is 0 Å². The monoisotopic (exact) mass is 140 g/mol. The van der Waals surface area contributed by atoms with Crippen LogP contribution in [-0.2, 0) is 9.47 Å². The highest BCUT2D eigenvalue weighted by Crippen LogP contribution is 2.18. The summed E-state index contributed by atoms with van der Waals surface area (Å²) in [4.78, 5) is 0. The summed E-state index contributed by atoms with van der Waals surface area (Å²) in [5, 5.41) is 0.194. The fourth-order valence-corrected chi connectivity index (χ4v) is 0.576. The molecule has 0 radical (unpaired) electrons. The molecule has 0 aliphatic carbocycles. The molecule has 0 saturated carbocycles. The van der Waals surface area contributed by atoms with E-state index in [1.807, 2.05) is 0 Å². The summed E-state index contributed by atoms with van der Waals surface area (Å²) in [5.74, 6) is -0.729. The van der Waals surface area contributed by atoms with E-state index in [4.69, 9.17) is 23.2 Å². The predicted molar refractivity (Wildman–Crippen MR) is 25.7 cm³/mol. The third kappa shape index (κ3) is 1.14. The molecule has 0 amide bonds. The van der Waals surface area contributed by atoms with E-state index in [0.717, 1.165) is 0 Å². The summed E-state index contributed by atoms with van der Waals surface area (Å²) in [6.45, 7) is 0. The van der Waals surface area contributed by atoms with Gasteiger partial charge >= 0.3 is 5.75 Å². The Hall–Kier alpha value is -0.0800. The highest BCUT2D eigenvalue weighted by molar-refractivity contribution is 6.29. The average Bonchev–Trinajstić information content (AvgIpc) is 1.87. The Kier molecular flexibility index (Phi) is 1.30. The van der Waals surface area contributed by atoms with Gasteiger partial charge in [-0.15, -0.1) is 0 Å². The Balaban J connectivity index is 2.42. The van der Waals surface area contributed by atoms with Crippen LogP contribution in [0.15, 0.2) is 11.5 Å². The first-order chi connectivity index (χ1) is 3.29. The fraction of sp³-hybridized carbons (Fsp3) is 0.333. The van der Waals surface area contributed by atoms with Crippen LogP contribution in [0.2, 0.25) is 0 Å². The van der Waals surface area contributed by atoms with E-state index in [1.54, 1.807) is 0 Å². The van der Waals surface area contributed by atoms with Crippen molar-refractivity contribution in [1.82, 2.24) is 0 Å². The van der Waals surface area contributed by atoms with Gasteiger partial charge in [0, 0.05) is 0 Å². The van der Waals surface area contributed by atoms with Crippen molar-refractivity contribution in [3.8, 4) is 0 Å². The molecule has 1 atom stereocenters. The van der Waals surface area contributed by atoms with Gasteiger partial charge in [0.1, 0.15) is 6.26 Å². The smallest absolute Gasteiger partial charge is 0.322 e. The van der Waals surface area contributed by atoms with Gasteiger partial charge in [0.2, 0.25) is 5.22 Å². The van der Waals surface area contributed by atoms with E-state index < -0.39 is 5.75 Å². The molecule has 2 nitrogen and oxygen atoms in total. The van der Waals surface area contributed by atoms with Crippen molar-refractivity contribution >= 4 is 23.2 Å². The van der Waals surface area contributed by atoms with E-state index in [9.17, 15) is 0 Å². The van der Waals surface area contributed by atoms with E-state index in [1.165, 1.54) is 6.26 Å². The molecule has 1 heterocycles. The molecule has 0 saturated heterocycles. The summed E-state index contributed by atoms with van der Waals surface area (Å²) < 4.78 is 9.05. The zero-order valence-corrected chi connectivity index (χ0v) is 4.74. The van der Waals surface area contributed by atoms with Gasteiger partial charge < -0.3 is 9.47 Å². The Labute approximate surface area is 50.6 Å². The van der Waals surface area contributed by atoms with E-state index in [2.05, 4.69) is 9.47 Å². The van der Waals surface area contributed by atoms with Crippen molar-refractivity contribution in [3.05, 3.63) is 11.5 Å². The zero-order chi connectivity index (χ0) is 5.28. The van der Waals surface area contributed by atoms with Crippen LogP contribution in [0.1, 0.15) is 0 Å². The number of hydrogen-bond acceptors (Lipinski definition) is 2. The lowest BCUT2D eigenvalue weighted by Gasteiger charge is -1.96. The van der Waals surface area contributed by atoms with Gasteiger partial charge in [-0.2, -0.15) is 0 Å². The van der Waals surface area contributed by atoms with Gasteiger partial charge in [-0.25, -0.2) is 0 Å². The quantitative estimate of drug-likeness (QED) is 0.477. The number of rotatable bonds is 0. The topological polar surface area (TPSA) is 18.5 Å². The molecule has 4 heteroatoms. The second-order valence-corrected chi connectivity index (χ2v) is 1.68. The number of hydrogen-bond donors (Lipinski definition) is 0. The first-order valence-electron chi connectivity index (χ1n) is 1.61. The van der Waals surface area contributed by atoms with Crippen molar-refractivity contribution in [1.29, 1.82) is 0 Å². The summed E-state index contributed by atoms with van der Waals surface area (Å²) in [6.07, 6.45) is 1.25. The van der Waals surface area contributed by atoms with Crippen molar-refractivity contribution in [2.45, 2.75) is 5.75 Å². The van der Waals surface area contributed by atoms with Gasteiger partial charge in [0.25, 0.3) is 0 Å². The summed E-state index contributed by atoms with van der Waals surface area (Å²) in [6, 6.07) is 0. The maximum Gasteiger partial charge on any atom is 0.322 e. The molecule has 0 bridgehead atoms. The first kappa shape index (κ1) is 5.06. The number of ether oxygens (including phenoxy) is 2. The third-order valence-electron chi connectivity index (χ3n) is 0.473. The van der Waals surface area contributed by atoms with E-state index in [0.29, 0.717) is 0 Å². The second-order valence-electron chi connectivity index (χ2n) is 0.950. The molecule has 40 valence electrons. The lowest BCUT2D eigenvalue weighted by molar-refractivity contribution is 0.0455. The highest BCUT2D eigenvalue weighted by atomic mass is 35.5. The molecule has 0 spiro atoms.